The van der Waals surface area contributed by atoms with Crippen LogP contribution in [0.4, 0.5) is 0 Å². The van der Waals surface area contributed by atoms with Crippen molar-refractivity contribution in [3.05, 3.63) is 57.8 Å². The summed E-state index contributed by atoms with van der Waals surface area (Å²) < 4.78 is 6.22. The summed E-state index contributed by atoms with van der Waals surface area (Å²) in [5, 5.41) is 4.81. The largest absolute Gasteiger partial charge is 0.354 e. The van der Waals surface area contributed by atoms with Crippen molar-refractivity contribution in [1.29, 1.82) is 0 Å². The molecule has 2 aromatic rings. The monoisotopic (exact) mass is 455 g/mol. The fourth-order valence-electron chi connectivity index (χ4n) is 4.49. The summed E-state index contributed by atoms with van der Waals surface area (Å²) in [6.45, 7) is 5.54. The van der Waals surface area contributed by atoms with Crippen LogP contribution in [0.2, 0.25) is 0 Å². The molecule has 1 unspecified atom stereocenters. The zero-order valence-corrected chi connectivity index (χ0v) is 19.3. The Morgan fingerprint density at radius 1 is 1.12 bits per heavy atom. The molecule has 0 saturated carbocycles. The van der Waals surface area contributed by atoms with E-state index in [1.807, 2.05) is 49.6 Å². The molecule has 0 radical (unpaired) electrons. The normalized spacial score (nSPS) is 19.9. The van der Waals surface area contributed by atoms with Crippen molar-refractivity contribution in [2.45, 2.75) is 44.9 Å². The molecule has 0 bridgehead atoms. The number of thiophene rings is 1. The second-order valence-corrected chi connectivity index (χ2v) is 9.27. The third-order valence-corrected chi connectivity index (χ3v) is 7.13. The molecular formula is C24H29N3O4S. The lowest BCUT2D eigenvalue weighted by Gasteiger charge is -2.44. The van der Waals surface area contributed by atoms with Gasteiger partial charge in [0, 0.05) is 38.0 Å². The van der Waals surface area contributed by atoms with E-state index in [0.29, 0.717) is 42.9 Å². The van der Waals surface area contributed by atoms with E-state index in [4.69, 9.17) is 4.74 Å². The first-order valence-electron chi connectivity index (χ1n) is 11.1. The van der Waals surface area contributed by atoms with Crippen LogP contribution in [0, 0.1) is 6.92 Å². The Morgan fingerprint density at radius 3 is 2.53 bits per heavy atom. The first-order valence-corrected chi connectivity index (χ1v) is 12.0. The Morgan fingerprint density at radius 2 is 1.88 bits per heavy atom. The second kappa shape index (κ2) is 9.42. The summed E-state index contributed by atoms with van der Waals surface area (Å²) in [5.74, 6) is -0.389. The highest BCUT2D eigenvalue weighted by Crippen LogP contribution is 2.39. The van der Waals surface area contributed by atoms with E-state index >= 15 is 0 Å². The molecule has 1 N–H and O–H groups in total. The third-order valence-electron chi connectivity index (χ3n) is 6.27. The van der Waals surface area contributed by atoms with E-state index in [1.54, 1.807) is 15.9 Å². The lowest BCUT2D eigenvalue weighted by atomic mass is 9.95. The van der Waals surface area contributed by atoms with Gasteiger partial charge >= 0.3 is 0 Å². The number of carbonyl (C=O) groups is 3. The molecule has 2 saturated heterocycles. The van der Waals surface area contributed by atoms with Gasteiger partial charge in [-0.05, 0) is 36.4 Å². The summed E-state index contributed by atoms with van der Waals surface area (Å²) in [4.78, 5) is 43.6. The summed E-state index contributed by atoms with van der Waals surface area (Å²) in [7, 11) is 0. The van der Waals surface area contributed by atoms with Gasteiger partial charge in [0.15, 0.2) is 0 Å². The molecule has 32 heavy (non-hydrogen) atoms. The predicted molar refractivity (Wildman–Crippen MR) is 123 cm³/mol. The van der Waals surface area contributed by atoms with Crippen molar-refractivity contribution >= 4 is 29.1 Å². The number of nitrogens with one attached hydrogen (secondary N) is 1. The van der Waals surface area contributed by atoms with Crippen molar-refractivity contribution in [2.24, 2.45) is 0 Å². The van der Waals surface area contributed by atoms with Crippen molar-refractivity contribution < 1.29 is 19.1 Å². The number of piperidine rings is 1. The molecule has 1 aromatic carbocycles. The van der Waals surface area contributed by atoms with Crippen LogP contribution in [0.1, 0.15) is 51.8 Å². The fraction of sp³-hybridized carbons (Fsp3) is 0.458. The number of hydrogen-bond donors (Lipinski definition) is 1. The average Bonchev–Trinajstić information content (AvgIpc) is 3.46. The number of rotatable bonds is 5. The summed E-state index contributed by atoms with van der Waals surface area (Å²) >= 11 is 1.42. The van der Waals surface area contributed by atoms with E-state index in [0.717, 1.165) is 12.0 Å². The van der Waals surface area contributed by atoms with Gasteiger partial charge in [0.1, 0.15) is 11.8 Å². The quantitative estimate of drug-likeness (QED) is 0.752. The number of amides is 3. The van der Waals surface area contributed by atoms with Gasteiger partial charge in [0.05, 0.1) is 11.5 Å². The molecule has 2 fully saturated rings. The van der Waals surface area contributed by atoms with Gasteiger partial charge < -0.3 is 15.0 Å². The maximum Gasteiger partial charge on any atom is 0.263 e. The van der Waals surface area contributed by atoms with Gasteiger partial charge in [-0.2, -0.15) is 0 Å². The molecule has 0 aliphatic carbocycles. The highest BCUT2D eigenvalue weighted by molar-refractivity contribution is 7.12. The number of hydrogen-bond acceptors (Lipinski definition) is 5. The van der Waals surface area contributed by atoms with Crippen LogP contribution in [0.5, 0.6) is 0 Å². The molecule has 3 heterocycles. The third kappa shape index (κ3) is 4.17. The van der Waals surface area contributed by atoms with Crippen LogP contribution in [0.3, 0.4) is 0 Å². The van der Waals surface area contributed by atoms with E-state index in [2.05, 4.69) is 5.32 Å². The standard InChI is InChI=1S/C24H29N3O4S/c1-3-12-25-21(28)19-16-31-24(27(19)22(29)18-8-5-4-7-17(18)2)10-13-26(14-11-24)23(30)20-9-6-15-32-20/h4-9,15,19H,3,10-14,16H2,1-2H3,(H,25,28). The number of ether oxygens (including phenoxy) is 1. The first kappa shape index (κ1) is 22.5. The SMILES string of the molecule is CCCNC(=O)C1COC2(CCN(C(=O)c3cccs3)CC2)N1C(=O)c1ccccc1C. The van der Waals surface area contributed by atoms with E-state index in [1.165, 1.54) is 11.3 Å². The van der Waals surface area contributed by atoms with Gasteiger partial charge in [0.2, 0.25) is 5.91 Å². The maximum absolute atomic E-state index is 13.7. The fourth-order valence-corrected chi connectivity index (χ4v) is 5.18. The zero-order chi connectivity index (χ0) is 22.7. The molecular weight excluding hydrogens is 426 g/mol. The van der Waals surface area contributed by atoms with Crippen LogP contribution in [0.15, 0.2) is 41.8 Å². The number of aryl methyl sites for hydroxylation is 1. The van der Waals surface area contributed by atoms with Crippen LogP contribution in [-0.2, 0) is 9.53 Å². The first-order chi connectivity index (χ1) is 15.5. The Bertz CT molecular complexity index is 983. The van der Waals surface area contributed by atoms with E-state index in [-0.39, 0.29) is 24.3 Å². The van der Waals surface area contributed by atoms with Crippen LogP contribution >= 0.6 is 11.3 Å². The lowest BCUT2D eigenvalue weighted by Crippen LogP contribution is -2.60. The molecule has 1 aromatic heterocycles. The Kier molecular flexibility index (Phi) is 6.62. The Balaban J connectivity index is 1.59. The Labute approximate surface area is 192 Å². The van der Waals surface area contributed by atoms with Crippen LogP contribution in [0.25, 0.3) is 0 Å². The predicted octanol–water partition coefficient (Wildman–Crippen LogP) is 3.06. The minimum absolute atomic E-state index is 0.00173. The zero-order valence-electron chi connectivity index (χ0n) is 18.5. The number of likely N-dealkylation sites (tertiary alicyclic amines) is 1. The average molecular weight is 456 g/mol. The molecule has 1 atom stereocenters. The second-order valence-electron chi connectivity index (χ2n) is 8.32. The molecule has 2 aliphatic heterocycles. The molecule has 7 nitrogen and oxygen atoms in total. The molecule has 4 rings (SSSR count). The Hall–Kier alpha value is -2.71. The minimum atomic E-state index is -0.889. The van der Waals surface area contributed by atoms with Crippen molar-refractivity contribution in [1.82, 2.24) is 15.1 Å². The topological polar surface area (TPSA) is 79.0 Å². The minimum Gasteiger partial charge on any atom is -0.354 e. The van der Waals surface area contributed by atoms with Crippen molar-refractivity contribution in [3.8, 4) is 0 Å². The maximum atomic E-state index is 13.7. The number of carbonyl (C=O) groups excluding carboxylic acids is 3. The smallest absolute Gasteiger partial charge is 0.263 e. The lowest BCUT2D eigenvalue weighted by molar-refractivity contribution is -0.128. The van der Waals surface area contributed by atoms with E-state index in [9.17, 15) is 14.4 Å². The summed E-state index contributed by atoms with van der Waals surface area (Å²) in [5.41, 5.74) is 0.542. The number of benzene rings is 1. The highest BCUT2D eigenvalue weighted by Gasteiger charge is 2.54. The summed E-state index contributed by atoms with van der Waals surface area (Å²) in [6, 6.07) is 10.4. The van der Waals surface area contributed by atoms with Gasteiger partial charge in [-0.3, -0.25) is 19.3 Å². The highest BCUT2D eigenvalue weighted by atomic mass is 32.1. The number of nitrogens with zero attached hydrogens (tertiary/aromatic N) is 2. The van der Waals surface area contributed by atoms with Gasteiger partial charge in [0.25, 0.3) is 11.8 Å². The van der Waals surface area contributed by atoms with Gasteiger partial charge in [-0.1, -0.05) is 31.2 Å². The molecule has 1 spiro atoms. The van der Waals surface area contributed by atoms with Gasteiger partial charge in [-0.25, -0.2) is 0 Å². The van der Waals surface area contributed by atoms with Crippen molar-refractivity contribution in [2.75, 3.05) is 26.2 Å². The van der Waals surface area contributed by atoms with Crippen molar-refractivity contribution in [3.63, 3.8) is 0 Å². The molecule has 170 valence electrons. The van der Waals surface area contributed by atoms with Gasteiger partial charge in [-0.15, -0.1) is 11.3 Å². The van der Waals surface area contributed by atoms with Crippen LogP contribution in [-0.4, -0.2) is 65.5 Å². The molecule has 8 heteroatoms. The van der Waals surface area contributed by atoms with Crippen LogP contribution < -0.4 is 5.32 Å². The molecule has 2 aliphatic rings. The summed E-state index contributed by atoms with van der Waals surface area (Å²) in [6.07, 6.45) is 1.76. The van der Waals surface area contributed by atoms with E-state index < -0.39 is 11.8 Å². The molecule has 3 amide bonds.